The van der Waals surface area contributed by atoms with Crippen LogP contribution < -0.4 is 0 Å². The third-order valence-corrected chi connectivity index (χ3v) is 2.13. The van der Waals surface area contributed by atoms with E-state index in [1.807, 2.05) is 18.2 Å². The van der Waals surface area contributed by atoms with Gasteiger partial charge in [0.05, 0.1) is 12.2 Å². The summed E-state index contributed by atoms with van der Waals surface area (Å²) in [5, 5.41) is 9.01. The fraction of sp³-hybridized carbons (Fsp3) is 0.250. The van der Waals surface area contributed by atoms with Gasteiger partial charge in [-0.3, -0.25) is 0 Å². The normalized spacial score (nSPS) is 11.5. The first-order valence-electron chi connectivity index (χ1n) is 4.67. The Hall–Kier alpha value is -1.61. The van der Waals surface area contributed by atoms with Gasteiger partial charge in [-0.2, -0.15) is 0 Å². The lowest BCUT2D eigenvalue weighted by atomic mass is 10.00. The molecule has 80 valence electrons. The van der Waals surface area contributed by atoms with E-state index in [2.05, 4.69) is 0 Å². The van der Waals surface area contributed by atoms with Gasteiger partial charge in [0.2, 0.25) is 0 Å². The second-order valence-corrected chi connectivity index (χ2v) is 3.10. The Bertz CT molecular complexity index is 380. The molecule has 0 heterocycles. The monoisotopic (exact) mass is 206 g/mol. The zero-order valence-corrected chi connectivity index (χ0v) is 8.86. The Balaban J connectivity index is 3.17. The van der Waals surface area contributed by atoms with E-state index < -0.39 is 5.97 Å². The van der Waals surface area contributed by atoms with E-state index in [4.69, 9.17) is 9.84 Å². The van der Waals surface area contributed by atoms with Crippen LogP contribution in [0, 0.1) is 0 Å². The first-order chi connectivity index (χ1) is 7.20. The van der Waals surface area contributed by atoms with Gasteiger partial charge in [-0.15, -0.1) is 0 Å². The number of benzene rings is 1. The molecule has 0 amide bonds. The molecule has 0 bridgehead atoms. The van der Waals surface area contributed by atoms with Crippen molar-refractivity contribution in [1.82, 2.24) is 0 Å². The molecule has 1 aromatic rings. The fourth-order valence-corrected chi connectivity index (χ4v) is 1.46. The molecule has 0 saturated heterocycles. The SMILES string of the molecule is C/C=C(\C(=O)O)c1ccccc1COC. The minimum absolute atomic E-state index is 0.308. The summed E-state index contributed by atoms with van der Waals surface area (Å²) in [5.41, 5.74) is 1.91. The highest BCUT2D eigenvalue weighted by Crippen LogP contribution is 2.20. The third kappa shape index (κ3) is 2.67. The van der Waals surface area contributed by atoms with Crippen LogP contribution in [0.2, 0.25) is 0 Å². The van der Waals surface area contributed by atoms with Crippen LogP contribution in [0.1, 0.15) is 18.1 Å². The molecule has 0 aliphatic heterocycles. The standard InChI is InChI=1S/C12H14O3/c1-3-10(12(13)14)11-7-5-4-6-9(11)8-15-2/h3-7H,8H2,1-2H3,(H,13,14)/b10-3-. The Kier molecular flexibility index (Phi) is 4.06. The van der Waals surface area contributed by atoms with Crippen molar-refractivity contribution in [3.8, 4) is 0 Å². The maximum absolute atomic E-state index is 11.0. The van der Waals surface area contributed by atoms with Crippen molar-refractivity contribution >= 4 is 11.5 Å². The number of hydrogen-bond acceptors (Lipinski definition) is 2. The van der Waals surface area contributed by atoms with E-state index in [0.29, 0.717) is 17.7 Å². The number of carbonyl (C=O) groups is 1. The van der Waals surface area contributed by atoms with E-state index >= 15 is 0 Å². The molecule has 3 heteroatoms. The molecular formula is C12H14O3. The third-order valence-electron chi connectivity index (χ3n) is 2.13. The van der Waals surface area contributed by atoms with Gasteiger partial charge in [0, 0.05) is 7.11 Å². The molecular weight excluding hydrogens is 192 g/mol. The molecule has 0 spiro atoms. The summed E-state index contributed by atoms with van der Waals surface area (Å²) >= 11 is 0. The van der Waals surface area contributed by atoms with Crippen LogP contribution in [0.4, 0.5) is 0 Å². The second-order valence-electron chi connectivity index (χ2n) is 3.10. The van der Waals surface area contributed by atoms with E-state index in [-0.39, 0.29) is 0 Å². The molecule has 0 aliphatic rings. The van der Waals surface area contributed by atoms with Crippen molar-refractivity contribution < 1.29 is 14.6 Å². The zero-order valence-electron chi connectivity index (χ0n) is 8.86. The largest absolute Gasteiger partial charge is 0.478 e. The molecule has 0 fully saturated rings. The van der Waals surface area contributed by atoms with E-state index in [0.717, 1.165) is 5.56 Å². The van der Waals surface area contributed by atoms with Crippen LogP contribution in [0.25, 0.3) is 5.57 Å². The molecule has 1 rings (SSSR count). The zero-order chi connectivity index (χ0) is 11.3. The van der Waals surface area contributed by atoms with E-state index in [1.165, 1.54) is 0 Å². The van der Waals surface area contributed by atoms with E-state index in [1.54, 1.807) is 26.2 Å². The lowest BCUT2D eigenvalue weighted by Crippen LogP contribution is -2.03. The summed E-state index contributed by atoms with van der Waals surface area (Å²) in [5.74, 6) is -0.916. The molecule has 0 unspecified atom stereocenters. The molecule has 15 heavy (non-hydrogen) atoms. The average molecular weight is 206 g/mol. The molecule has 0 saturated carbocycles. The predicted molar refractivity (Wildman–Crippen MR) is 58.4 cm³/mol. The van der Waals surface area contributed by atoms with Gasteiger partial charge in [0.25, 0.3) is 0 Å². The molecule has 1 aromatic carbocycles. The minimum Gasteiger partial charge on any atom is -0.478 e. The number of hydrogen-bond donors (Lipinski definition) is 1. The molecule has 0 atom stereocenters. The number of rotatable bonds is 4. The summed E-state index contributed by atoms with van der Waals surface area (Å²) in [6.45, 7) is 2.13. The second kappa shape index (κ2) is 5.32. The van der Waals surface area contributed by atoms with Crippen molar-refractivity contribution in [1.29, 1.82) is 0 Å². The van der Waals surface area contributed by atoms with Gasteiger partial charge in [-0.05, 0) is 18.1 Å². The highest BCUT2D eigenvalue weighted by molar-refractivity contribution is 6.15. The van der Waals surface area contributed by atoms with Gasteiger partial charge >= 0.3 is 5.97 Å². The summed E-state index contributed by atoms with van der Waals surface area (Å²) in [6.07, 6.45) is 1.59. The van der Waals surface area contributed by atoms with Crippen LogP contribution in [-0.4, -0.2) is 18.2 Å². The molecule has 3 nitrogen and oxygen atoms in total. The Morgan fingerprint density at radius 2 is 2.13 bits per heavy atom. The van der Waals surface area contributed by atoms with Gasteiger partial charge in [-0.25, -0.2) is 4.79 Å². The first kappa shape index (κ1) is 11.5. The molecule has 0 radical (unpaired) electrons. The first-order valence-corrected chi connectivity index (χ1v) is 4.67. The number of allylic oxidation sites excluding steroid dienone is 1. The van der Waals surface area contributed by atoms with Crippen LogP contribution in [0.5, 0.6) is 0 Å². The summed E-state index contributed by atoms with van der Waals surface area (Å²) in [7, 11) is 1.59. The fourth-order valence-electron chi connectivity index (χ4n) is 1.46. The van der Waals surface area contributed by atoms with Crippen molar-refractivity contribution in [3.05, 3.63) is 41.5 Å². The van der Waals surface area contributed by atoms with Gasteiger partial charge in [-0.1, -0.05) is 30.3 Å². The molecule has 0 aliphatic carbocycles. The maximum Gasteiger partial charge on any atom is 0.335 e. The lowest BCUT2D eigenvalue weighted by molar-refractivity contribution is -0.130. The highest BCUT2D eigenvalue weighted by Gasteiger charge is 2.12. The lowest BCUT2D eigenvalue weighted by Gasteiger charge is -2.08. The van der Waals surface area contributed by atoms with Crippen molar-refractivity contribution in [2.45, 2.75) is 13.5 Å². The van der Waals surface area contributed by atoms with Gasteiger partial charge in [0.1, 0.15) is 0 Å². The number of carboxylic acids is 1. The average Bonchev–Trinajstić information content (AvgIpc) is 2.21. The van der Waals surface area contributed by atoms with Crippen LogP contribution >= 0.6 is 0 Å². The van der Waals surface area contributed by atoms with Crippen LogP contribution in [0.15, 0.2) is 30.3 Å². The van der Waals surface area contributed by atoms with Crippen molar-refractivity contribution in [2.75, 3.05) is 7.11 Å². The summed E-state index contributed by atoms with van der Waals surface area (Å²) < 4.78 is 5.02. The highest BCUT2D eigenvalue weighted by atomic mass is 16.5. The maximum atomic E-state index is 11.0. The van der Waals surface area contributed by atoms with Crippen LogP contribution in [0.3, 0.4) is 0 Å². The van der Waals surface area contributed by atoms with Gasteiger partial charge in [0.15, 0.2) is 0 Å². The van der Waals surface area contributed by atoms with E-state index in [9.17, 15) is 4.79 Å². The Morgan fingerprint density at radius 3 is 2.67 bits per heavy atom. The van der Waals surface area contributed by atoms with Crippen molar-refractivity contribution in [3.63, 3.8) is 0 Å². The van der Waals surface area contributed by atoms with Crippen molar-refractivity contribution in [2.24, 2.45) is 0 Å². The smallest absolute Gasteiger partial charge is 0.335 e. The summed E-state index contributed by atoms with van der Waals surface area (Å²) in [4.78, 5) is 11.0. The minimum atomic E-state index is -0.916. The number of ether oxygens (including phenoxy) is 1. The Labute approximate surface area is 89.0 Å². The number of methoxy groups -OCH3 is 1. The predicted octanol–water partition coefficient (Wildman–Crippen LogP) is 2.32. The van der Waals surface area contributed by atoms with Gasteiger partial charge < -0.3 is 9.84 Å². The molecule has 1 N–H and O–H groups in total. The number of aliphatic carboxylic acids is 1. The number of carboxylic acid groups (broad SMARTS) is 1. The molecule has 0 aromatic heterocycles. The van der Waals surface area contributed by atoms with Crippen LogP contribution in [-0.2, 0) is 16.1 Å². The topological polar surface area (TPSA) is 46.5 Å². The Morgan fingerprint density at radius 1 is 1.47 bits per heavy atom. The summed E-state index contributed by atoms with van der Waals surface area (Å²) in [6, 6.07) is 7.34. The quantitative estimate of drug-likeness (QED) is 0.769.